The number of hydrogen-bond donors (Lipinski definition) is 1. The Morgan fingerprint density at radius 1 is 1.07 bits per heavy atom. The van der Waals surface area contributed by atoms with Crippen molar-refractivity contribution in [1.29, 1.82) is 0 Å². The van der Waals surface area contributed by atoms with Crippen LogP contribution in [0.3, 0.4) is 0 Å². The molecule has 2 heterocycles. The third-order valence-electron chi connectivity index (χ3n) is 4.89. The molecule has 0 unspecified atom stereocenters. The number of thioether (sulfide) groups is 1. The Balaban J connectivity index is 1.79. The summed E-state index contributed by atoms with van der Waals surface area (Å²) in [5.74, 6) is 2.41. The van der Waals surface area contributed by atoms with Crippen LogP contribution >= 0.6 is 11.8 Å². The number of benzene rings is 2. The van der Waals surface area contributed by atoms with E-state index in [1.165, 1.54) is 11.8 Å². The van der Waals surface area contributed by atoms with E-state index in [0.29, 0.717) is 11.7 Å². The number of aryl methyl sites for hydroxylation is 1. The van der Waals surface area contributed by atoms with Gasteiger partial charge in [-0.25, -0.2) is 0 Å². The lowest BCUT2D eigenvalue weighted by Gasteiger charge is -2.30. The van der Waals surface area contributed by atoms with Crippen LogP contribution in [0.5, 0.6) is 11.5 Å². The van der Waals surface area contributed by atoms with Crippen LogP contribution in [-0.4, -0.2) is 30.3 Å². The van der Waals surface area contributed by atoms with Crippen molar-refractivity contribution in [3.63, 3.8) is 0 Å². The van der Waals surface area contributed by atoms with Gasteiger partial charge >= 0.3 is 0 Å². The summed E-state index contributed by atoms with van der Waals surface area (Å²) < 4.78 is 15.3. The molecule has 1 N–H and O–H groups in total. The molecule has 3 aromatic rings. The molecule has 2 atom stereocenters. The average molecular weight is 411 g/mol. The molecule has 1 saturated heterocycles. The van der Waals surface area contributed by atoms with Crippen molar-refractivity contribution in [2.75, 3.05) is 14.2 Å². The van der Waals surface area contributed by atoms with Crippen LogP contribution in [0.2, 0.25) is 0 Å². The number of nitrogens with zero attached hydrogens (tertiary/aromatic N) is 2. The van der Waals surface area contributed by atoms with Crippen molar-refractivity contribution < 1.29 is 18.8 Å². The van der Waals surface area contributed by atoms with Gasteiger partial charge in [-0.05, 0) is 48.9 Å². The summed E-state index contributed by atoms with van der Waals surface area (Å²) in [5.41, 5.74) is 0.938. The van der Waals surface area contributed by atoms with Gasteiger partial charge in [-0.1, -0.05) is 17.3 Å². The van der Waals surface area contributed by atoms with Gasteiger partial charge in [0.25, 0.3) is 0 Å². The van der Waals surface area contributed by atoms with E-state index in [0.717, 1.165) is 22.0 Å². The van der Waals surface area contributed by atoms with Gasteiger partial charge in [0.1, 0.15) is 16.2 Å². The molecule has 0 bridgehead atoms. The molecule has 150 valence electrons. The van der Waals surface area contributed by atoms with Crippen molar-refractivity contribution in [2.24, 2.45) is 0 Å². The number of aromatic nitrogens is 2. The van der Waals surface area contributed by atoms with Gasteiger partial charge in [-0.2, -0.15) is 4.98 Å². The molecule has 1 amide bonds. The lowest BCUT2D eigenvalue weighted by Crippen LogP contribution is -2.31. The van der Waals surface area contributed by atoms with E-state index in [9.17, 15) is 4.79 Å². The molecule has 0 spiro atoms. The Kier molecular flexibility index (Phi) is 5.19. The zero-order chi connectivity index (χ0) is 20.4. The monoisotopic (exact) mass is 411 g/mol. The average Bonchev–Trinajstić information content (AvgIpc) is 3.32. The fraction of sp³-hybridized carbons (Fsp3) is 0.286. The number of hydrogen-bond acceptors (Lipinski definition) is 7. The number of ether oxygens (including phenoxy) is 2. The Hall–Kier alpha value is -3.00. The predicted molar refractivity (Wildman–Crippen MR) is 108 cm³/mol. The van der Waals surface area contributed by atoms with Gasteiger partial charge in [-0.3, -0.25) is 4.79 Å². The molecule has 0 radical (unpaired) electrons. The fourth-order valence-corrected chi connectivity index (χ4v) is 4.86. The SMILES string of the molecule is COc1ccc(S[C@]2(c3nc(C)no3)CC(=O)N[C@@H]2c2ccc(OC)cc2)cc1. The summed E-state index contributed by atoms with van der Waals surface area (Å²) in [5, 5.41) is 7.07. The molecular formula is C21H21N3O4S. The first kappa shape index (κ1) is 19.3. The topological polar surface area (TPSA) is 86.5 Å². The quantitative estimate of drug-likeness (QED) is 0.663. The summed E-state index contributed by atoms with van der Waals surface area (Å²) >= 11 is 1.53. The smallest absolute Gasteiger partial charge is 0.246 e. The minimum absolute atomic E-state index is 0.0670. The van der Waals surface area contributed by atoms with Crippen LogP contribution < -0.4 is 14.8 Å². The van der Waals surface area contributed by atoms with E-state index in [1.807, 2.05) is 48.5 Å². The number of carbonyl (C=O) groups is 1. The van der Waals surface area contributed by atoms with E-state index in [1.54, 1.807) is 21.1 Å². The third-order valence-corrected chi connectivity index (χ3v) is 6.32. The van der Waals surface area contributed by atoms with Gasteiger partial charge in [0.15, 0.2) is 5.82 Å². The van der Waals surface area contributed by atoms with E-state index < -0.39 is 4.75 Å². The maximum Gasteiger partial charge on any atom is 0.246 e. The van der Waals surface area contributed by atoms with Crippen molar-refractivity contribution in [2.45, 2.75) is 29.0 Å². The first-order valence-corrected chi connectivity index (χ1v) is 9.93. The van der Waals surface area contributed by atoms with E-state index in [-0.39, 0.29) is 18.4 Å². The van der Waals surface area contributed by atoms with E-state index in [4.69, 9.17) is 14.0 Å². The second-order valence-corrected chi connectivity index (χ2v) is 8.17. The zero-order valence-corrected chi connectivity index (χ0v) is 17.2. The van der Waals surface area contributed by atoms with Crippen LogP contribution in [0, 0.1) is 6.92 Å². The highest BCUT2D eigenvalue weighted by Crippen LogP contribution is 2.54. The van der Waals surface area contributed by atoms with Crippen molar-refractivity contribution in [3.8, 4) is 11.5 Å². The number of methoxy groups -OCH3 is 2. The fourth-order valence-electron chi connectivity index (χ4n) is 3.48. The zero-order valence-electron chi connectivity index (χ0n) is 16.3. The Morgan fingerprint density at radius 2 is 1.69 bits per heavy atom. The number of amides is 1. The van der Waals surface area contributed by atoms with Crippen LogP contribution in [0.1, 0.15) is 29.7 Å². The summed E-state index contributed by atoms with van der Waals surface area (Å²) in [6, 6.07) is 15.0. The molecule has 29 heavy (non-hydrogen) atoms. The number of carbonyl (C=O) groups excluding carboxylic acids is 1. The molecule has 1 fully saturated rings. The Labute approximate surface area is 172 Å². The summed E-state index contributed by atoms with van der Waals surface area (Å²) in [6.07, 6.45) is 0.224. The first-order chi connectivity index (χ1) is 14.0. The summed E-state index contributed by atoms with van der Waals surface area (Å²) in [4.78, 5) is 18.0. The van der Waals surface area contributed by atoms with Gasteiger partial charge in [0, 0.05) is 4.90 Å². The molecular weight excluding hydrogens is 390 g/mol. The van der Waals surface area contributed by atoms with Crippen LogP contribution in [0.15, 0.2) is 57.9 Å². The maximum atomic E-state index is 12.6. The highest BCUT2D eigenvalue weighted by atomic mass is 32.2. The standard InChI is InChI=1S/C21H21N3O4S/c1-13-22-20(28-24-13)21(29-17-10-8-16(27-3)9-11-17)12-18(25)23-19(21)14-4-6-15(26-2)7-5-14/h4-11,19H,12H2,1-3H3,(H,23,25)/t19-,21-/m1/s1. The molecule has 1 aliphatic rings. The van der Waals surface area contributed by atoms with Crippen LogP contribution in [-0.2, 0) is 9.54 Å². The van der Waals surface area contributed by atoms with Crippen LogP contribution in [0.4, 0.5) is 0 Å². The second-order valence-electron chi connectivity index (χ2n) is 6.76. The van der Waals surface area contributed by atoms with E-state index in [2.05, 4.69) is 15.5 Å². The molecule has 2 aromatic carbocycles. The van der Waals surface area contributed by atoms with Gasteiger partial charge < -0.3 is 19.3 Å². The molecule has 0 saturated carbocycles. The molecule has 7 nitrogen and oxygen atoms in total. The highest BCUT2D eigenvalue weighted by Gasteiger charge is 2.54. The summed E-state index contributed by atoms with van der Waals surface area (Å²) in [7, 11) is 3.25. The molecule has 0 aliphatic carbocycles. The largest absolute Gasteiger partial charge is 0.497 e. The second kappa shape index (κ2) is 7.79. The number of rotatable bonds is 6. The highest BCUT2D eigenvalue weighted by molar-refractivity contribution is 8.00. The molecule has 1 aromatic heterocycles. The first-order valence-electron chi connectivity index (χ1n) is 9.11. The number of nitrogens with one attached hydrogen (secondary N) is 1. The predicted octanol–water partition coefficient (Wildman–Crippen LogP) is 3.64. The minimum atomic E-state index is -0.776. The molecule has 4 rings (SSSR count). The minimum Gasteiger partial charge on any atom is -0.497 e. The lowest BCUT2D eigenvalue weighted by atomic mass is 9.93. The van der Waals surface area contributed by atoms with Crippen molar-refractivity contribution in [3.05, 3.63) is 65.8 Å². The molecule has 8 heteroatoms. The van der Waals surface area contributed by atoms with Gasteiger partial charge in [-0.15, -0.1) is 11.8 Å². The van der Waals surface area contributed by atoms with Gasteiger partial charge in [0.05, 0.1) is 26.7 Å². The van der Waals surface area contributed by atoms with Crippen molar-refractivity contribution in [1.82, 2.24) is 15.5 Å². The third kappa shape index (κ3) is 3.67. The van der Waals surface area contributed by atoms with E-state index >= 15 is 0 Å². The Bertz CT molecular complexity index is 1000. The molecule has 1 aliphatic heterocycles. The maximum absolute atomic E-state index is 12.6. The summed E-state index contributed by atoms with van der Waals surface area (Å²) in [6.45, 7) is 1.77. The van der Waals surface area contributed by atoms with Gasteiger partial charge in [0.2, 0.25) is 11.8 Å². The Morgan fingerprint density at radius 3 is 2.24 bits per heavy atom. The van der Waals surface area contributed by atoms with Crippen LogP contribution in [0.25, 0.3) is 0 Å². The van der Waals surface area contributed by atoms with Crippen molar-refractivity contribution >= 4 is 17.7 Å². The lowest BCUT2D eigenvalue weighted by molar-refractivity contribution is -0.119. The normalized spacial score (nSPS) is 21.1.